The van der Waals surface area contributed by atoms with Gasteiger partial charge in [-0.15, -0.1) is 0 Å². The molecule has 0 fully saturated rings. The molecule has 0 aromatic rings. The molecule has 0 saturated carbocycles. The summed E-state index contributed by atoms with van der Waals surface area (Å²) in [6, 6.07) is 0.0846. The molecular formula is C20H40N2O4. The number of hydrogen-bond donors (Lipinski definition) is 2. The Balaban J connectivity index is 4.27. The summed E-state index contributed by atoms with van der Waals surface area (Å²) < 4.78 is 10.6. The predicted molar refractivity (Wildman–Crippen MR) is 105 cm³/mol. The van der Waals surface area contributed by atoms with Crippen molar-refractivity contribution in [3.8, 4) is 0 Å². The molecule has 2 amide bonds. The van der Waals surface area contributed by atoms with Gasteiger partial charge in [-0.05, 0) is 73.1 Å². The Hall–Kier alpha value is -1.46. The topological polar surface area (TPSA) is 76.7 Å². The molecule has 0 aromatic carbocycles. The molecule has 154 valence electrons. The van der Waals surface area contributed by atoms with Gasteiger partial charge in [-0.25, -0.2) is 9.59 Å². The molecule has 0 bridgehead atoms. The Kier molecular flexibility index (Phi) is 10.7. The second kappa shape index (κ2) is 11.3. The third-order valence-electron chi connectivity index (χ3n) is 3.75. The van der Waals surface area contributed by atoms with E-state index in [2.05, 4.69) is 24.5 Å². The van der Waals surface area contributed by atoms with Crippen molar-refractivity contribution in [3.63, 3.8) is 0 Å². The molecule has 2 N–H and O–H groups in total. The number of carbonyl (C=O) groups is 2. The zero-order valence-electron chi connectivity index (χ0n) is 18.0. The van der Waals surface area contributed by atoms with Gasteiger partial charge in [0.25, 0.3) is 0 Å². The first-order chi connectivity index (χ1) is 11.8. The van der Waals surface area contributed by atoms with Crippen LogP contribution in [-0.4, -0.2) is 36.0 Å². The van der Waals surface area contributed by atoms with Crippen LogP contribution in [0.1, 0.15) is 87.5 Å². The molecule has 0 heterocycles. The van der Waals surface area contributed by atoms with E-state index in [-0.39, 0.29) is 18.2 Å². The highest BCUT2D eigenvalue weighted by atomic mass is 16.6. The van der Waals surface area contributed by atoms with E-state index < -0.39 is 11.2 Å². The molecule has 0 aliphatic carbocycles. The monoisotopic (exact) mass is 372 g/mol. The maximum atomic E-state index is 12.0. The van der Waals surface area contributed by atoms with Gasteiger partial charge < -0.3 is 20.1 Å². The molecule has 0 aromatic heterocycles. The van der Waals surface area contributed by atoms with Crippen LogP contribution >= 0.6 is 0 Å². The van der Waals surface area contributed by atoms with Crippen LogP contribution in [0.2, 0.25) is 0 Å². The van der Waals surface area contributed by atoms with Crippen molar-refractivity contribution in [2.24, 2.45) is 5.92 Å². The molecule has 0 rings (SSSR count). The Bertz CT molecular complexity index is 425. The lowest BCUT2D eigenvalue weighted by atomic mass is 9.96. The molecule has 0 aliphatic rings. The zero-order valence-corrected chi connectivity index (χ0v) is 18.0. The highest BCUT2D eigenvalue weighted by Gasteiger charge is 2.20. The van der Waals surface area contributed by atoms with E-state index in [4.69, 9.17) is 9.47 Å². The molecule has 26 heavy (non-hydrogen) atoms. The average Bonchev–Trinajstić information content (AvgIpc) is 2.42. The van der Waals surface area contributed by atoms with Gasteiger partial charge >= 0.3 is 12.2 Å². The fraction of sp³-hybridized carbons (Fsp3) is 0.900. The van der Waals surface area contributed by atoms with Crippen molar-refractivity contribution in [2.45, 2.75) is 105 Å². The van der Waals surface area contributed by atoms with E-state index in [0.29, 0.717) is 12.5 Å². The van der Waals surface area contributed by atoms with Crippen molar-refractivity contribution < 1.29 is 19.1 Å². The average molecular weight is 373 g/mol. The number of carbonyl (C=O) groups excluding carboxylic acids is 2. The van der Waals surface area contributed by atoms with Crippen LogP contribution in [0.5, 0.6) is 0 Å². The van der Waals surface area contributed by atoms with Crippen LogP contribution in [0.15, 0.2) is 0 Å². The first kappa shape index (κ1) is 24.5. The Labute approximate surface area is 159 Å². The summed E-state index contributed by atoms with van der Waals surface area (Å²) >= 11 is 0. The summed E-state index contributed by atoms with van der Waals surface area (Å²) in [5, 5.41) is 5.76. The summed E-state index contributed by atoms with van der Waals surface area (Å²) in [5.41, 5.74) is -0.981. The van der Waals surface area contributed by atoms with E-state index in [0.717, 1.165) is 32.1 Å². The molecule has 0 aliphatic heterocycles. The van der Waals surface area contributed by atoms with Crippen LogP contribution in [-0.2, 0) is 9.47 Å². The third-order valence-corrected chi connectivity index (χ3v) is 3.75. The highest BCUT2D eigenvalue weighted by molar-refractivity contribution is 5.68. The molecule has 6 nitrogen and oxygen atoms in total. The SMILES string of the molecule is CCC(C)CC(CCCCNC(=O)OC(C)(C)C)NC(=O)OC(C)(C)C. The second-order valence-electron chi connectivity index (χ2n) is 9.02. The summed E-state index contributed by atoms with van der Waals surface area (Å²) in [6.45, 7) is 16.0. The summed E-state index contributed by atoms with van der Waals surface area (Å²) in [4.78, 5) is 23.7. The minimum atomic E-state index is -0.498. The van der Waals surface area contributed by atoms with Crippen molar-refractivity contribution >= 4 is 12.2 Å². The minimum Gasteiger partial charge on any atom is -0.444 e. The van der Waals surface area contributed by atoms with Gasteiger partial charge in [-0.3, -0.25) is 0 Å². The second-order valence-corrected chi connectivity index (χ2v) is 9.02. The van der Waals surface area contributed by atoms with Crippen LogP contribution in [0, 0.1) is 5.92 Å². The first-order valence-electron chi connectivity index (χ1n) is 9.78. The van der Waals surface area contributed by atoms with Crippen molar-refractivity contribution in [3.05, 3.63) is 0 Å². The smallest absolute Gasteiger partial charge is 0.407 e. The number of unbranched alkanes of at least 4 members (excludes halogenated alkanes) is 1. The van der Waals surface area contributed by atoms with E-state index >= 15 is 0 Å². The number of nitrogens with one attached hydrogen (secondary N) is 2. The molecule has 0 saturated heterocycles. The van der Waals surface area contributed by atoms with Gasteiger partial charge in [-0.1, -0.05) is 20.3 Å². The van der Waals surface area contributed by atoms with Crippen molar-refractivity contribution in [1.29, 1.82) is 0 Å². The van der Waals surface area contributed by atoms with Gasteiger partial charge in [0.15, 0.2) is 0 Å². The lowest BCUT2D eigenvalue weighted by molar-refractivity contribution is 0.0493. The Morgan fingerprint density at radius 1 is 0.923 bits per heavy atom. The predicted octanol–water partition coefficient (Wildman–Crippen LogP) is 5.01. The van der Waals surface area contributed by atoms with Gasteiger partial charge in [-0.2, -0.15) is 0 Å². The lowest BCUT2D eigenvalue weighted by Crippen LogP contribution is -2.40. The Morgan fingerprint density at radius 2 is 1.46 bits per heavy atom. The highest BCUT2D eigenvalue weighted by Crippen LogP contribution is 2.16. The summed E-state index contributed by atoms with van der Waals surface area (Å²) in [5.74, 6) is 0.537. The van der Waals surface area contributed by atoms with E-state index in [9.17, 15) is 9.59 Å². The number of amides is 2. The first-order valence-corrected chi connectivity index (χ1v) is 9.78. The van der Waals surface area contributed by atoms with Gasteiger partial charge in [0, 0.05) is 12.6 Å². The lowest BCUT2D eigenvalue weighted by Gasteiger charge is -2.25. The summed E-state index contributed by atoms with van der Waals surface area (Å²) in [6.07, 6.45) is 3.86. The minimum absolute atomic E-state index is 0.0846. The molecule has 6 heteroatoms. The number of alkyl carbamates (subject to hydrolysis) is 2. The van der Waals surface area contributed by atoms with E-state index in [1.54, 1.807) is 0 Å². The third kappa shape index (κ3) is 14.8. The summed E-state index contributed by atoms with van der Waals surface area (Å²) in [7, 11) is 0. The molecular weight excluding hydrogens is 332 g/mol. The number of rotatable bonds is 9. The number of ether oxygens (including phenoxy) is 2. The Morgan fingerprint density at radius 3 is 1.96 bits per heavy atom. The van der Waals surface area contributed by atoms with Crippen LogP contribution in [0.3, 0.4) is 0 Å². The largest absolute Gasteiger partial charge is 0.444 e. The zero-order chi connectivity index (χ0) is 20.4. The molecule has 0 spiro atoms. The van der Waals surface area contributed by atoms with E-state index in [1.165, 1.54) is 0 Å². The standard InChI is InChI=1S/C20H40N2O4/c1-9-15(2)14-16(22-18(24)26-20(6,7)8)12-10-11-13-21-17(23)25-19(3,4)5/h15-16H,9-14H2,1-8H3,(H,21,23)(H,22,24). The maximum absolute atomic E-state index is 12.0. The number of hydrogen-bond acceptors (Lipinski definition) is 4. The normalized spacial score (nSPS) is 14.3. The van der Waals surface area contributed by atoms with Crippen molar-refractivity contribution in [2.75, 3.05) is 6.54 Å². The van der Waals surface area contributed by atoms with Gasteiger partial charge in [0.05, 0.1) is 0 Å². The van der Waals surface area contributed by atoms with Crippen LogP contribution in [0.4, 0.5) is 9.59 Å². The fourth-order valence-corrected chi connectivity index (χ4v) is 2.40. The van der Waals surface area contributed by atoms with Gasteiger partial charge in [0.1, 0.15) is 11.2 Å². The quantitative estimate of drug-likeness (QED) is 0.558. The molecule has 2 unspecified atom stereocenters. The fourth-order valence-electron chi connectivity index (χ4n) is 2.40. The van der Waals surface area contributed by atoms with Crippen molar-refractivity contribution in [1.82, 2.24) is 10.6 Å². The molecule has 0 radical (unpaired) electrons. The van der Waals surface area contributed by atoms with E-state index in [1.807, 2.05) is 41.5 Å². The van der Waals surface area contributed by atoms with Crippen LogP contribution < -0.4 is 10.6 Å². The molecule has 2 atom stereocenters. The van der Waals surface area contributed by atoms with Gasteiger partial charge in [0.2, 0.25) is 0 Å². The van der Waals surface area contributed by atoms with Crippen LogP contribution in [0.25, 0.3) is 0 Å². The maximum Gasteiger partial charge on any atom is 0.407 e.